The van der Waals surface area contributed by atoms with Crippen LogP contribution in [0.15, 0.2) is 52.5 Å². The Balaban J connectivity index is 1.93. The number of aromatic nitrogens is 3. The Bertz CT molecular complexity index is 869. The molecule has 6 heteroatoms. The third-order valence-electron chi connectivity index (χ3n) is 3.37. The Labute approximate surface area is 131 Å². The zero-order valence-corrected chi connectivity index (χ0v) is 12.9. The third-order valence-corrected chi connectivity index (χ3v) is 4.35. The third kappa shape index (κ3) is 2.69. The van der Waals surface area contributed by atoms with Gasteiger partial charge in [-0.15, -0.1) is 0 Å². The number of fused-ring (bicyclic) bond motifs is 1. The maximum Gasteiger partial charge on any atom is 0.262 e. The molecule has 0 aliphatic heterocycles. The SMILES string of the molecule is CCn1c(SCC(=O)c2ccc[nH]2)nc2ccccc2c1=O. The molecule has 0 fully saturated rings. The summed E-state index contributed by atoms with van der Waals surface area (Å²) in [4.78, 5) is 31.9. The molecule has 0 atom stereocenters. The van der Waals surface area contributed by atoms with E-state index >= 15 is 0 Å². The number of rotatable bonds is 5. The van der Waals surface area contributed by atoms with Crippen LogP contribution in [0.5, 0.6) is 0 Å². The van der Waals surface area contributed by atoms with Crippen LogP contribution in [0, 0.1) is 0 Å². The van der Waals surface area contributed by atoms with Crippen LogP contribution >= 0.6 is 11.8 Å². The number of thioether (sulfide) groups is 1. The van der Waals surface area contributed by atoms with Crippen molar-refractivity contribution in [1.82, 2.24) is 14.5 Å². The summed E-state index contributed by atoms with van der Waals surface area (Å²) >= 11 is 1.29. The van der Waals surface area contributed by atoms with E-state index in [1.807, 2.05) is 25.1 Å². The molecule has 0 saturated heterocycles. The number of carbonyl (C=O) groups excluding carboxylic acids is 1. The fraction of sp³-hybridized carbons (Fsp3) is 0.188. The van der Waals surface area contributed by atoms with Crippen LogP contribution in [-0.4, -0.2) is 26.1 Å². The molecule has 3 aromatic rings. The van der Waals surface area contributed by atoms with Gasteiger partial charge in [-0.1, -0.05) is 23.9 Å². The largest absolute Gasteiger partial charge is 0.359 e. The molecule has 0 aliphatic rings. The fourth-order valence-corrected chi connectivity index (χ4v) is 3.19. The van der Waals surface area contributed by atoms with E-state index in [1.165, 1.54) is 11.8 Å². The van der Waals surface area contributed by atoms with Crippen molar-refractivity contribution in [2.75, 3.05) is 5.75 Å². The van der Waals surface area contributed by atoms with Gasteiger partial charge in [0, 0.05) is 12.7 Å². The number of H-pyrrole nitrogens is 1. The highest BCUT2D eigenvalue weighted by molar-refractivity contribution is 7.99. The van der Waals surface area contributed by atoms with Gasteiger partial charge in [-0.25, -0.2) is 4.98 Å². The second kappa shape index (κ2) is 6.19. The van der Waals surface area contributed by atoms with Crippen molar-refractivity contribution in [3.8, 4) is 0 Å². The van der Waals surface area contributed by atoms with E-state index in [9.17, 15) is 9.59 Å². The predicted molar refractivity (Wildman–Crippen MR) is 87.5 cm³/mol. The summed E-state index contributed by atoms with van der Waals surface area (Å²) in [6, 6.07) is 10.8. The quantitative estimate of drug-likeness (QED) is 0.447. The molecule has 0 amide bonds. The summed E-state index contributed by atoms with van der Waals surface area (Å²) < 4.78 is 1.61. The van der Waals surface area contributed by atoms with E-state index < -0.39 is 0 Å². The van der Waals surface area contributed by atoms with Gasteiger partial charge in [-0.05, 0) is 31.2 Å². The van der Waals surface area contributed by atoms with E-state index in [2.05, 4.69) is 9.97 Å². The first-order valence-corrected chi connectivity index (χ1v) is 7.98. The molecule has 0 radical (unpaired) electrons. The van der Waals surface area contributed by atoms with Gasteiger partial charge < -0.3 is 4.98 Å². The summed E-state index contributed by atoms with van der Waals surface area (Å²) in [7, 11) is 0. The molecule has 0 unspecified atom stereocenters. The van der Waals surface area contributed by atoms with E-state index in [0.29, 0.717) is 28.3 Å². The van der Waals surface area contributed by atoms with Gasteiger partial charge in [-0.2, -0.15) is 0 Å². The minimum Gasteiger partial charge on any atom is -0.359 e. The summed E-state index contributed by atoms with van der Waals surface area (Å²) in [5.74, 6) is 0.228. The number of para-hydroxylation sites is 1. The maximum absolute atomic E-state index is 12.5. The van der Waals surface area contributed by atoms with Gasteiger partial charge in [0.2, 0.25) is 0 Å². The molecule has 1 N–H and O–H groups in total. The lowest BCUT2D eigenvalue weighted by atomic mass is 10.2. The van der Waals surface area contributed by atoms with Crippen LogP contribution in [0.4, 0.5) is 0 Å². The first-order chi connectivity index (χ1) is 10.7. The Kier molecular flexibility index (Phi) is 4.11. The average Bonchev–Trinajstić information content (AvgIpc) is 3.07. The lowest BCUT2D eigenvalue weighted by Crippen LogP contribution is -2.22. The van der Waals surface area contributed by atoms with Gasteiger partial charge in [0.15, 0.2) is 10.9 Å². The Morgan fingerprint density at radius 2 is 2.09 bits per heavy atom. The van der Waals surface area contributed by atoms with Crippen molar-refractivity contribution in [3.63, 3.8) is 0 Å². The zero-order valence-electron chi connectivity index (χ0n) is 12.1. The Morgan fingerprint density at radius 1 is 1.27 bits per heavy atom. The second-order valence-corrected chi connectivity index (χ2v) is 5.70. The van der Waals surface area contributed by atoms with Crippen LogP contribution in [0.1, 0.15) is 17.4 Å². The number of benzene rings is 1. The van der Waals surface area contributed by atoms with Gasteiger partial charge in [-0.3, -0.25) is 14.2 Å². The number of nitrogens with zero attached hydrogens (tertiary/aromatic N) is 2. The van der Waals surface area contributed by atoms with Crippen LogP contribution in [0.25, 0.3) is 10.9 Å². The highest BCUT2D eigenvalue weighted by Crippen LogP contribution is 2.18. The molecule has 5 nitrogen and oxygen atoms in total. The van der Waals surface area contributed by atoms with Crippen molar-refractivity contribution >= 4 is 28.4 Å². The lowest BCUT2D eigenvalue weighted by molar-refractivity contribution is 0.101. The summed E-state index contributed by atoms with van der Waals surface area (Å²) in [6.07, 6.45) is 1.72. The number of aromatic amines is 1. The number of Topliss-reactive ketones (excluding diaryl/α,β-unsaturated/α-hetero) is 1. The number of carbonyl (C=O) groups is 1. The van der Waals surface area contributed by atoms with Crippen LogP contribution in [0.2, 0.25) is 0 Å². The van der Waals surface area contributed by atoms with Crippen molar-refractivity contribution in [3.05, 3.63) is 58.6 Å². The summed E-state index contributed by atoms with van der Waals surface area (Å²) in [6.45, 7) is 2.42. The first kappa shape index (κ1) is 14.6. The van der Waals surface area contributed by atoms with E-state index in [-0.39, 0.29) is 17.1 Å². The molecule has 112 valence electrons. The van der Waals surface area contributed by atoms with E-state index in [4.69, 9.17) is 0 Å². The normalized spacial score (nSPS) is 11.0. The van der Waals surface area contributed by atoms with Gasteiger partial charge in [0.25, 0.3) is 5.56 Å². The molecule has 2 heterocycles. The highest BCUT2D eigenvalue weighted by Gasteiger charge is 2.13. The van der Waals surface area contributed by atoms with Crippen molar-refractivity contribution in [1.29, 1.82) is 0 Å². The monoisotopic (exact) mass is 313 g/mol. The smallest absolute Gasteiger partial charge is 0.262 e. The molecule has 22 heavy (non-hydrogen) atoms. The van der Waals surface area contributed by atoms with Crippen molar-refractivity contribution in [2.24, 2.45) is 0 Å². The topological polar surface area (TPSA) is 67.8 Å². The minimum absolute atomic E-state index is 0.0138. The molecule has 0 aliphatic carbocycles. The Morgan fingerprint density at radius 3 is 2.82 bits per heavy atom. The van der Waals surface area contributed by atoms with Crippen molar-refractivity contribution < 1.29 is 4.79 Å². The van der Waals surface area contributed by atoms with E-state index in [0.717, 1.165) is 0 Å². The molecule has 3 rings (SSSR count). The first-order valence-electron chi connectivity index (χ1n) is 6.99. The zero-order chi connectivity index (χ0) is 15.5. The average molecular weight is 313 g/mol. The van der Waals surface area contributed by atoms with Gasteiger partial charge >= 0.3 is 0 Å². The van der Waals surface area contributed by atoms with Crippen molar-refractivity contribution in [2.45, 2.75) is 18.6 Å². The summed E-state index contributed by atoms with van der Waals surface area (Å²) in [5, 5.41) is 1.18. The van der Waals surface area contributed by atoms with Gasteiger partial charge in [0.1, 0.15) is 0 Å². The number of ketones is 1. The molecule has 0 saturated carbocycles. The summed E-state index contributed by atoms with van der Waals surface area (Å²) in [5.41, 5.74) is 1.16. The number of hydrogen-bond acceptors (Lipinski definition) is 4. The molecule has 0 spiro atoms. The van der Waals surface area contributed by atoms with Crippen LogP contribution in [0.3, 0.4) is 0 Å². The Hall–Kier alpha value is -2.34. The maximum atomic E-state index is 12.5. The van der Waals surface area contributed by atoms with E-state index in [1.54, 1.807) is 29.0 Å². The van der Waals surface area contributed by atoms with Crippen LogP contribution in [-0.2, 0) is 6.54 Å². The number of nitrogens with one attached hydrogen (secondary N) is 1. The standard InChI is InChI=1S/C16H15N3O2S/c1-2-19-15(21)11-6-3-4-7-12(11)18-16(19)22-10-14(20)13-8-5-9-17-13/h3-9,17H,2,10H2,1H3. The predicted octanol–water partition coefficient (Wildman–Crippen LogP) is 2.72. The molecular weight excluding hydrogens is 298 g/mol. The molecule has 0 bridgehead atoms. The van der Waals surface area contributed by atoms with Gasteiger partial charge in [0.05, 0.1) is 22.3 Å². The number of hydrogen-bond donors (Lipinski definition) is 1. The minimum atomic E-state index is -0.0667. The lowest BCUT2D eigenvalue weighted by Gasteiger charge is -2.10. The highest BCUT2D eigenvalue weighted by atomic mass is 32.2. The molecular formula is C16H15N3O2S. The molecule has 1 aromatic carbocycles. The van der Waals surface area contributed by atoms with Crippen LogP contribution < -0.4 is 5.56 Å². The second-order valence-electron chi connectivity index (χ2n) is 4.76. The molecule has 2 aromatic heterocycles. The fourth-order valence-electron chi connectivity index (χ4n) is 2.25.